The molecular weight excluding hydrogens is 725 g/mol. The van der Waals surface area contributed by atoms with Crippen molar-refractivity contribution in [2.45, 2.75) is 290 Å². The Morgan fingerprint density at radius 1 is 0.167 bits per heavy atom. The van der Waals surface area contributed by atoms with E-state index in [1.165, 1.54) is 270 Å². The summed E-state index contributed by atoms with van der Waals surface area (Å²) in [5.41, 5.74) is 16.4. The Morgan fingerprint density at radius 3 is 0.352 bits per heavy atom. The fraction of sp³-hybridized carbons (Fsp3) is 1.00. The van der Waals surface area contributed by atoms with Crippen molar-refractivity contribution in [3.05, 3.63) is 0 Å². The molecule has 0 aromatic heterocycles. The molecule has 6 N–H and O–H groups in total. The first-order valence-electron chi connectivity index (χ1n) is 24.3. The Labute approximate surface area is 362 Å². The lowest BCUT2D eigenvalue weighted by Crippen LogP contribution is -1.97. The van der Waals surface area contributed by atoms with E-state index in [1.807, 2.05) is 0 Å². The number of rotatable bonds is 42. The highest BCUT2D eigenvalue weighted by atomic mass is 35.5. The van der Waals surface area contributed by atoms with Gasteiger partial charge in [0.1, 0.15) is 0 Å². The molecule has 0 amide bonds. The van der Waals surface area contributed by atoms with Crippen LogP contribution in [0.5, 0.6) is 0 Å². The van der Waals surface area contributed by atoms with Crippen LogP contribution in [0.25, 0.3) is 0 Å². The van der Waals surface area contributed by atoms with Crippen LogP contribution in [0.3, 0.4) is 0 Å². The van der Waals surface area contributed by atoms with E-state index >= 15 is 0 Å². The molecule has 0 atom stereocenters. The Kier molecular flexibility index (Phi) is 88.1. The number of hydrogen-bond donors (Lipinski definition) is 3. The highest BCUT2D eigenvalue weighted by molar-refractivity contribution is 5.86. The smallest absolute Gasteiger partial charge is 0.00773 e. The predicted octanol–water partition coefficient (Wildman–Crippen LogP) is 17.5. The Hall–Kier alpha value is 0.750. The average molecular weight is 834 g/mol. The first-order valence-corrected chi connectivity index (χ1v) is 24.3. The second-order valence-corrected chi connectivity index (χ2v) is 16.2. The zero-order valence-electron chi connectivity index (χ0n) is 37.8. The molecule has 0 heterocycles. The molecular formula is C48H108Cl3N3. The van der Waals surface area contributed by atoms with Gasteiger partial charge >= 0.3 is 0 Å². The molecule has 0 rings (SSSR count). The van der Waals surface area contributed by atoms with Crippen LogP contribution >= 0.6 is 37.2 Å². The maximum Gasteiger partial charge on any atom is -0.00773 e. The van der Waals surface area contributed by atoms with Gasteiger partial charge in [-0.15, -0.1) is 37.2 Å². The average Bonchev–Trinajstić information content (AvgIpc) is 3.15. The first-order chi connectivity index (χ1) is 25.2. The molecule has 54 heavy (non-hydrogen) atoms. The Bertz CT molecular complexity index is 414. The van der Waals surface area contributed by atoms with Crippen molar-refractivity contribution in [3.8, 4) is 0 Å². The molecule has 0 spiro atoms. The van der Waals surface area contributed by atoms with Crippen molar-refractivity contribution in [2.75, 3.05) is 19.6 Å². The largest absolute Gasteiger partial charge is 0.330 e. The molecule has 0 aliphatic rings. The quantitative estimate of drug-likeness (QED) is 0.0536. The van der Waals surface area contributed by atoms with E-state index in [0.29, 0.717) is 0 Å². The van der Waals surface area contributed by atoms with E-state index in [-0.39, 0.29) is 37.2 Å². The van der Waals surface area contributed by atoms with Crippen LogP contribution in [0.15, 0.2) is 0 Å². The summed E-state index contributed by atoms with van der Waals surface area (Å²) in [6.07, 6.45) is 59.6. The van der Waals surface area contributed by atoms with Crippen LogP contribution < -0.4 is 17.2 Å². The third-order valence-electron chi connectivity index (χ3n) is 10.7. The second-order valence-electron chi connectivity index (χ2n) is 16.2. The van der Waals surface area contributed by atoms with Crippen molar-refractivity contribution in [2.24, 2.45) is 17.2 Å². The van der Waals surface area contributed by atoms with Gasteiger partial charge in [-0.3, -0.25) is 0 Å². The van der Waals surface area contributed by atoms with E-state index in [0.717, 1.165) is 19.6 Å². The molecule has 0 radical (unpaired) electrons. The maximum absolute atomic E-state index is 5.47. The third-order valence-corrected chi connectivity index (χ3v) is 10.7. The van der Waals surface area contributed by atoms with Gasteiger partial charge in [-0.1, -0.05) is 271 Å². The summed E-state index contributed by atoms with van der Waals surface area (Å²) in [7, 11) is 0. The minimum atomic E-state index is 0. The lowest BCUT2D eigenvalue weighted by atomic mass is 10.0. The lowest BCUT2D eigenvalue weighted by Gasteiger charge is -2.02. The molecule has 0 unspecified atom stereocenters. The Balaban J connectivity index is -0.000000156. The fourth-order valence-electron chi connectivity index (χ4n) is 7.02. The summed E-state index contributed by atoms with van der Waals surface area (Å²) < 4.78 is 0. The van der Waals surface area contributed by atoms with E-state index in [9.17, 15) is 0 Å². The van der Waals surface area contributed by atoms with Crippen LogP contribution in [-0.2, 0) is 0 Å². The minimum Gasteiger partial charge on any atom is -0.330 e. The molecule has 3 nitrogen and oxygen atoms in total. The molecule has 0 aromatic rings. The summed E-state index contributed by atoms with van der Waals surface area (Å²) >= 11 is 0. The van der Waals surface area contributed by atoms with Gasteiger partial charge in [0.25, 0.3) is 0 Å². The SMILES string of the molecule is CCCCCCCCCCCCCCCCN.CCCCCCCCCCCCCCCCN.CCCCCCCCCCCCCCCCN.Cl.Cl.Cl. The molecule has 0 aliphatic heterocycles. The van der Waals surface area contributed by atoms with Gasteiger partial charge in [-0.05, 0) is 38.9 Å². The second kappa shape index (κ2) is 71.5. The summed E-state index contributed by atoms with van der Waals surface area (Å²) in [6, 6.07) is 0. The summed E-state index contributed by atoms with van der Waals surface area (Å²) in [5.74, 6) is 0. The summed E-state index contributed by atoms with van der Waals surface area (Å²) in [5, 5.41) is 0. The van der Waals surface area contributed by atoms with Gasteiger partial charge in [-0.2, -0.15) is 0 Å². The van der Waals surface area contributed by atoms with E-state index in [2.05, 4.69) is 20.8 Å². The topological polar surface area (TPSA) is 78.1 Å². The monoisotopic (exact) mass is 832 g/mol. The number of nitrogens with two attached hydrogens (primary N) is 3. The lowest BCUT2D eigenvalue weighted by molar-refractivity contribution is 0.536. The molecule has 0 aromatic carbocycles. The van der Waals surface area contributed by atoms with Gasteiger partial charge < -0.3 is 17.2 Å². The van der Waals surface area contributed by atoms with Gasteiger partial charge in [-0.25, -0.2) is 0 Å². The predicted molar refractivity (Wildman–Crippen MR) is 260 cm³/mol. The molecule has 0 bridgehead atoms. The number of hydrogen-bond acceptors (Lipinski definition) is 3. The standard InChI is InChI=1S/3C16H35N.3ClH/c3*1-2-3-4-5-6-7-8-9-10-11-12-13-14-15-16-17;;;/h3*2-17H2,1H3;3*1H. The van der Waals surface area contributed by atoms with Crippen molar-refractivity contribution < 1.29 is 0 Å². The van der Waals surface area contributed by atoms with Gasteiger partial charge in [0.15, 0.2) is 0 Å². The van der Waals surface area contributed by atoms with Gasteiger partial charge in [0.05, 0.1) is 0 Å². The molecule has 0 saturated carbocycles. The van der Waals surface area contributed by atoms with Crippen molar-refractivity contribution in [1.82, 2.24) is 0 Å². The molecule has 0 aliphatic carbocycles. The molecule has 6 heteroatoms. The molecule has 336 valence electrons. The normalized spacial score (nSPS) is 10.3. The van der Waals surface area contributed by atoms with Crippen molar-refractivity contribution >= 4 is 37.2 Å². The Morgan fingerprint density at radius 2 is 0.259 bits per heavy atom. The highest BCUT2D eigenvalue weighted by Gasteiger charge is 1.96. The first kappa shape index (κ1) is 66.6. The third kappa shape index (κ3) is 77.3. The maximum atomic E-state index is 5.47. The number of unbranched alkanes of at least 4 members (excludes halogenated alkanes) is 39. The van der Waals surface area contributed by atoms with Crippen LogP contribution in [-0.4, -0.2) is 19.6 Å². The van der Waals surface area contributed by atoms with Gasteiger partial charge in [0.2, 0.25) is 0 Å². The van der Waals surface area contributed by atoms with Crippen LogP contribution in [0.4, 0.5) is 0 Å². The van der Waals surface area contributed by atoms with Crippen LogP contribution in [0.2, 0.25) is 0 Å². The number of halogens is 3. The molecule has 0 saturated heterocycles. The van der Waals surface area contributed by atoms with Crippen LogP contribution in [0.1, 0.15) is 290 Å². The minimum absolute atomic E-state index is 0. The van der Waals surface area contributed by atoms with Gasteiger partial charge in [0, 0.05) is 0 Å². The van der Waals surface area contributed by atoms with Crippen molar-refractivity contribution in [3.63, 3.8) is 0 Å². The van der Waals surface area contributed by atoms with Crippen LogP contribution in [0, 0.1) is 0 Å². The fourth-order valence-corrected chi connectivity index (χ4v) is 7.02. The zero-order valence-corrected chi connectivity index (χ0v) is 40.2. The van der Waals surface area contributed by atoms with Crippen molar-refractivity contribution in [1.29, 1.82) is 0 Å². The zero-order chi connectivity index (χ0) is 37.8. The summed E-state index contributed by atoms with van der Waals surface area (Å²) in [4.78, 5) is 0. The molecule has 0 fully saturated rings. The van der Waals surface area contributed by atoms with E-state index in [4.69, 9.17) is 17.2 Å². The van der Waals surface area contributed by atoms with E-state index < -0.39 is 0 Å². The van der Waals surface area contributed by atoms with E-state index in [1.54, 1.807) is 0 Å². The summed E-state index contributed by atoms with van der Waals surface area (Å²) in [6.45, 7) is 9.47. The highest BCUT2D eigenvalue weighted by Crippen LogP contribution is 2.15.